The molecule has 0 aromatic carbocycles. The molecule has 1 saturated heterocycles. The standard InChI is InChI=1S/C13H24N4O3S/c1-3-14-8-12-10(2)16-17-13(12)21(18,19)15-6-4-11-5-7-20-9-11/h11,14-15H,3-9H2,1-2H3,(H,16,17). The minimum absolute atomic E-state index is 0.101. The first-order valence-corrected chi connectivity index (χ1v) is 8.85. The average Bonchev–Trinajstić information content (AvgIpc) is 3.06. The minimum atomic E-state index is -3.57. The van der Waals surface area contributed by atoms with Gasteiger partial charge in [-0.25, -0.2) is 13.1 Å². The maximum atomic E-state index is 12.4. The summed E-state index contributed by atoms with van der Waals surface area (Å²) in [5.74, 6) is 0.454. The zero-order valence-corrected chi connectivity index (χ0v) is 13.4. The van der Waals surface area contributed by atoms with Crippen LogP contribution in [-0.2, 0) is 21.3 Å². The van der Waals surface area contributed by atoms with Crippen molar-refractivity contribution in [2.45, 2.75) is 38.3 Å². The van der Waals surface area contributed by atoms with Crippen molar-refractivity contribution in [3.63, 3.8) is 0 Å². The zero-order chi connectivity index (χ0) is 15.3. The normalized spacial score (nSPS) is 19.2. The van der Waals surface area contributed by atoms with Gasteiger partial charge in [0.15, 0.2) is 5.03 Å². The molecule has 0 spiro atoms. The van der Waals surface area contributed by atoms with E-state index in [1.807, 2.05) is 13.8 Å². The van der Waals surface area contributed by atoms with Gasteiger partial charge in [0.1, 0.15) is 0 Å². The van der Waals surface area contributed by atoms with Gasteiger partial charge in [0.2, 0.25) is 0 Å². The lowest BCUT2D eigenvalue weighted by Gasteiger charge is -2.10. The molecule has 2 heterocycles. The molecule has 1 aromatic heterocycles. The molecule has 0 radical (unpaired) electrons. The second-order valence-electron chi connectivity index (χ2n) is 5.33. The van der Waals surface area contributed by atoms with Gasteiger partial charge in [-0.3, -0.25) is 5.10 Å². The summed E-state index contributed by atoms with van der Waals surface area (Å²) in [5, 5.41) is 9.94. The fraction of sp³-hybridized carbons (Fsp3) is 0.769. The molecule has 1 fully saturated rings. The maximum absolute atomic E-state index is 12.4. The van der Waals surface area contributed by atoms with E-state index in [0.29, 0.717) is 24.6 Å². The van der Waals surface area contributed by atoms with Gasteiger partial charge in [-0.15, -0.1) is 0 Å². The highest BCUT2D eigenvalue weighted by molar-refractivity contribution is 7.89. The van der Waals surface area contributed by atoms with Crippen LogP contribution in [0.1, 0.15) is 31.0 Å². The van der Waals surface area contributed by atoms with Crippen molar-refractivity contribution in [2.75, 3.05) is 26.3 Å². The average molecular weight is 316 g/mol. The van der Waals surface area contributed by atoms with Crippen molar-refractivity contribution < 1.29 is 13.2 Å². The number of rotatable bonds is 8. The first-order valence-electron chi connectivity index (χ1n) is 7.36. The Morgan fingerprint density at radius 3 is 2.95 bits per heavy atom. The predicted octanol–water partition coefficient (Wildman–Crippen LogP) is 0.533. The molecular formula is C13H24N4O3S. The van der Waals surface area contributed by atoms with E-state index < -0.39 is 10.0 Å². The highest BCUT2D eigenvalue weighted by Crippen LogP contribution is 2.18. The molecule has 2 rings (SSSR count). The maximum Gasteiger partial charge on any atom is 0.260 e. The summed E-state index contributed by atoms with van der Waals surface area (Å²) in [5.41, 5.74) is 1.48. The Morgan fingerprint density at radius 1 is 1.48 bits per heavy atom. The van der Waals surface area contributed by atoms with E-state index in [4.69, 9.17) is 4.74 Å². The van der Waals surface area contributed by atoms with Crippen LogP contribution in [0.15, 0.2) is 5.03 Å². The fourth-order valence-electron chi connectivity index (χ4n) is 2.39. The second kappa shape index (κ2) is 7.35. The monoisotopic (exact) mass is 316 g/mol. The molecule has 0 bridgehead atoms. The van der Waals surface area contributed by atoms with Crippen molar-refractivity contribution in [1.29, 1.82) is 0 Å². The summed E-state index contributed by atoms with van der Waals surface area (Å²) < 4.78 is 32.6. The van der Waals surface area contributed by atoms with Crippen molar-refractivity contribution >= 4 is 10.0 Å². The number of aromatic nitrogens is 2. The molecule has 1 aliphatic rings. The Hall–Kier alpha value is -0.960. The van der Waals surface area contributed by atoms with Gasteiger partial charge in [-0.2, -0.15) is 5.10 Å². The lowest BCUT2D eigenvalue weighted by atomic mass is 10.1. The van der Waals surface area contributed by atoms with Crippen molar-refractivity contribution in [2.24, 2.45) is 5.92 Å². The van der Waals surface area contributed by atoms with E-state index in [2.05, 4.69) is 20.2 Å². The van der Waals surface area contributed by atoms with Gasteiger partial charge < -0.3 is 10.1 Å². The van der Waals surface area contributed by atoms with Crippen LogP contribution < -0.4 is 10.0 Å². The molecule has 3 N–H and O–H groups in total. The number of aryl methyl sites for hydroxylation is 1. The number of sulfonamides is 1. The molecule has 0 aliphatic carbocycles. The molecule has 120 valence electrons. The van der Waals surface area contributed by atoms with E-state index in [-0.39, 0.29) is 5.03 Å². The predicted molar refractivity (Wildman–Crippen MR) is 79.4 cm³/mol. The van der Waals surface area contributed by atoms with Gasteiger partial charge in [0.25, 0.3) is 10.0 Å². The molecule has 7 nitrogen and oxygen atoms in total. The minimum Gasteiger partial charge on any atom is -0.381 e. The summed E-state index contributed by atoms with van der Waals surface area (Å²) in [6, 6.07) is 0. The highest BCUT2D eigenvalue weighted by Gasteiger charge is 2.24. The van der Waals surface area contributed by atoms with Crippen LogP contribution in [0.3, 0.4) is 0 Å². The van der Waals surface area contributed by atoms with Gasteiger partial charge in [-0.1, -0.05) is 6.92 Å². The topological polar surface area (TPSA) is 96.1 Å². The van der Waals surface area contributed by atoms with E-state index in [1.54, 1.807) is 0 Å². The van der Waals surface area contributed by atoms with Gasteiger partial charge >= 0.3 is 0 Å². The van der Waals surface area contributed by atoms with E-state index in [1.165, 1.54) is 0 Å². The lowest BCUT2D eigenvalue weighted by molar-refractivity contribution is 0.184. The summed E-state index contributed by atoms with van der Waals surface area (Å²) in [6.07, 6.45) is 1.81. The van der Waals surface area contributed by atoms with Gasteiger partial charge in [-0.05, 0) is 32.2 Å². The van der Waals surface area contributed by atoms with Gasteiger partial charge in [0.05, 0.1) is 0 Å². The number of H-pyrrole nitrogens is 1. The fourth-order valence-corrected chi connectivity index (χ4v) is 3.63. The summed E-state index contributed by atoms with van der Waals surface area (Å²) in [4.78, 5) is 0. The molecular weight excluding hydrogens is 292 g/mol. The molecule has 1 aliphatic heterocycles. The Balaban J connectivity index is 1.97. The number of nitrogens with zero attached hydrogens (tertiary/aromatic N) is 1. The first-order chi connectivity index (χ1) is 10.0. The number of aromatic amines is 1. The van der Waals surface area contributed by atoms with Crippen LogP contribution in [0.5, 0.6) is 0 Å². The number of ether oxygens (including phenoxy) is 1. The lowest BCUT2D eigenvalue weighted by Crippen LogP contribution is -2.28. The summed E-state index contributed by atoms with van der Waals surface area (Å²) in [6.45, 7) is 7.01. The third-order valence-electron chi connectivity index (χ3n) is 3.71. The Kier molecular flexibility index (Phi) is 5.74. The zero-order valence-electron chi connectivity index (χ0n) is 12.6. The quantitative estimate of drug-likeness (QED) is 0.650. The largest absolute Gasteiger partial charge is 0.381 e. The van der Waals surface area contributed by atoms with Crippen LogP contribution in [0.4, 0.5) is 0 Å². The van der Waals surface area contributed by atoms with E-state index in [0.717, 1.165) is 38.3 Å². The Labute approximate surface area is 125 Å². The molecule has 1 aromatic rings. The molecule has 21 heavy (non-hydrogen) atoms. The molecule has 1 unspecified atom stereocenters. The Morgan fingerprint density at radius 2 is 2.29 bits per heavy atom. The third-order valence-corrected chi connectivity index (χ3v) is 5.14. The van der Waals surface area contributed by atoms with E-state index in [9.17, 15) is 8.42 Å². The van der Waals surface area contributed by atoms with Gasteiger partial charge in [0, 0.05) is 37.6 Å². The van der Waals surface area contributed by atoms with Crippen LogP contribution in [-0.4, -0.2) is 44.9 Å². The van der Waals surface area contributed by atoms with Crippen molar-refractivity contribution in [1.82, 2.24) is 20.2 Å². The van der Waals surface area contributed by atoms with Crippen LogP contribution in [0.25, 0.3) is 0 Å². The SMILES string of the molecule is CCNCc1c(S(=O)(=O)NCCC2CCOC2)n[nH]c1C. The summed E-state index contributed by atoms with van der Waals surface area (Å²) in [7, 11) is -3.57. The Bertz CT molecular complexity index is 550. The number of nitrogens with one attached hydrogen (secondary N) is 3. The molecule has 8 heteroatoms. The highest BCUT2D eigenvalue weighted by atomic mass is 32.2. The second-order valence-corrected chi connectivity index (χ2v) is 7.01. The number of hydrogen-bond acceptors (Lipinski definition) is 5. The van der Waals surface area contributed by atoms with Crippen molar-refractivity contribution in [3.8, 4) is 0 Å². The van der Waals surface area contributed by atoms with Crippen LogP contribution >= 0.6 is 0 Å². The third kappa shape index (κ3) is 4.26. The van der Waals surface area contributed by atoms with Crippen molar-refractivity contribution in [3.05, 3.63) is 11.3 Å². The molecule has 1 atom stereocenters. The van der Waals surface area contributed by atoms with E-state index >= 15 is 0 Å². The first kappa shape index (κ1) is 16.4. The smallest absolute Gasteiger partial charge is 0.260 e. The molecule has 0 saturated carbocycles. The van der Waals surface area contributed by atoms with Crippen LogP contribution in [0, 0.1) is 12.8 Å². The van der Waals surface area contributed by atoms with Crippen LogP contribution in [0.2, 0.25) is 0 Å². The number of hydrogen-bond donors (Lipinski definition) is 3. The molecule has 0 amide bonds. The summed E-state index contributed by atoms with van der Waals surface area (Å²) >= 11 is 0.